The average molecular weight is 371 g/mol. The molecule has 6 heteroatoms. The summed E-state index contributed by atoms with van der Waals surface area (Å²) < 4.78 is 18.1. The lowest BCUT2D eigenvalue weighted by Crippen LogP contribution is -2.31. The number of hydrogen-bond acceptors (Lipinski definition) is 4. The standard InChI is InChI=1S/C21H22FNO4/c1-12-8-13(2)20(15(4)14(12)3)18(24)11-27-19(25)10-23-21(26)16-6-5-7-17(22)9-16/h5-9H,10-11H2,1-4H3,(H,23,26). The third kappa shape index (κ3) is 5.00. The Kier molecular flexibility index (Phi) is 6.45. The van der Waals surface area contributed by atoms with Gasteiger partial charge in [-0.05, 0) is 68.1 Å². The van der Waals surface area contributed by atoms with E-state index in [1.165, 1.54) is 18.2 Å². The monoisotopic (exact) mass is 371 g/mol. The number of halogens is 1. The molecule has 27 heavy (non-hydrogen) atoms. The number of Topliss-reactive ketones (excluding diaryl/α,β-unsaturated/α-hetero) is 1. The highest BCUT2D eigenvalue weighted by Gasteiger charge is 2.17. The first-order valence-corrected chi connectivity index (χ1v) is 8.50. The van der Waals surface area contributed by atoms with Crippen molar-refractivity contribution in [2.45, 2.75) is 27.7 Å². The van der Waals surface area contributed by atoms with Gasteiger partial charge in [-0.2, -0.15) is 0 Å². The lowest BCUT2D eigenvalue weighted by molar-refractivity contribution is -0.141. The summed E-state index contributed by atoms with van der Waals surface area (Å²) in [6, 6.07) is 7.04. The predicted molar refractivity (Wildman–Crippen MR) is 99.4 cm³/mol. The predicted octanol–water partition coefficient (Wildman–Crippen LogP) is 3.22. The second kappa shape index (κ2) is 8.58. The molecule has 0 aliphatic heterocycles. The van der Waals surface area contributed by atoms with Crippen LogP contribution in [-0.2, 0) is 9.53 Å². The molecule has 0 unspecified atom stereocenters. The molecule has 5 nitrogen and oxygen atoms in total. The molecule has 1 amide bonds. The molecule has 2 rings (SSSR count). The number of carbonyl (C=O) groups excluding carboxylic acids is 3. The molecule has 142 valence electrons. The highest BCUT2D eigenvalue weighted by molar-refractivity contribution is 6.01. The fraction of sp³-hybridized carbons (Fsp3) is 0.286. The number of nitrogens with one attached hydrogen (secondary N) is 1. The topological polar surface area (TPSA) is 72.5 Å². The SMILES string of the molecule is Cc1cc(C)c(C(=O)COC(=O)CNC(=O)c2cccc(F)c2)c(C)c1C. The van der Waals surface area contributed by atoms with Crippen molar-refractivity contribution in [2.24, 2.45) is 0 Å². The fourth-order valence-corrected chi connectivity index (χ4v) is 2.87. The number of ketones is 1. The van der Waals surface area contributed by atoms with Gasteiger partial charge in [-0.25, -0.2) is 4.39 Å². The van der Waals surface area contributed by atoms with E-state index in [2.05, 4.69) is 5.32 Å². The van der Waals surface area contributed by atoms with E-state index in [1.807, 2.05) is 33.8 Å². The normalized spacial score (nSPS) is 10.4. The van der Waals surface area contributed by atoms with Crippen LogP contribution >= 0.6 is 0 Å². The van der Waals surface area contributed by atoms with Crippen LogP contribution in [0.3, 0.4) is 0 Å². The Labute approximate surface area is 157 Å². The third-order valence-corrected chi connectivity index (χ3v) is 4.48. The molecule has 0 saturated heterocycles. The van der Waals surface area contributed by atoms with E-state index in [-0.39, 0.29) is 11.3 Å². The maximum Gasteiger partial charge on any atom is 0.325 e. The van der Waals surface area contributed by atoms with Crippen molar-refractivity contribution < 1.29 is 23.5 Å². The number of hydrogen-bond donors (Lipinski definition) is 1. The molecule has 2 aromatic rings. The molecule has 0 aliphatic carbocycles. The smallest absolute Gasteiger partial charge is 0.325 e. The van der Waals surface area contributed by atoms with Crippen molar-refractivity contribution in [1.29, 1.82) is 0 Å². The second-order valence-electron chi connectivity index (χ2n) is 6.41. The van der Waals surface area contributed by atoms with Crippen molar-refractivity contribution in [2.75, 3.05) is 13.2 Å². The first-order chi connectivity index (χ1) is 12.7. The summed E-state index contributed by atoms with van der Waals surface area (Å²) in [7, 11) is 0. The Morgan fingerprint density at radius 1 is 1.00 bits per heavy atom. The van der Waals surface area contributed by atoms with Crippen LogP contribution in [0.15, 0.2) is 30.3 Å². The average Bonchev–Trinajstić information content (AvgIpc) is 2.62. The summed E-state index contributed by atoms with van der Waals surface area (Å²) in [6.45, 7) is 6.81. The summed E-state index contributed by atoms with van der Waals surface area (Å²) >= 11 is 0. The molecule has 2 aromatic carbocycles. The van der Waals surface area contributed by atoms with Crippen LogP contribution in [-0.4, -0.2) is 30.8 Å². The number of amides is 1. The lowest BCUT2D eigenvalue weighted by atomic mass is 9.92. The summed E-state index contributed by atoms with van der Waals surface area (Å²) in [5.74, 6) is -2.18. The van der Waals surface area contributed by atoms with Crippen molar-refractivity contribution in [3.63, 3.8) is 0 Å². The quantitative estimate of drug-likeness (QED) is 0.625. The molecule has 0 radical (unpaired) electrons. The first-order valence-electron chi connectivity index (χ1n) is 8.50. The molecular formula is C21H22FNO4. The number of carbonyl (C=O) groups is 3. The Bertz CT molecular complexity index is 905. The van der Waals surface area contributed by atoms with E-state index < -0.39 is 30.8 Å². The zero-order valence-corrected chi connectivity index (χ0v) is 15.8. The van der Waals surface area contributed by atoms with Crippen LogP contribution in [0.2, 0.25) is 0 Å². The van der Waals surface area contributed by atoms with Gasteiger partial charge in [-0.1, -0.05) is 12.1 Å². The molecule has 0 saturated carbocycles. The maximum atomic E-state index is 13.1. The Morgan fingerprint density at radius 2 is 1.70 bits per heavy atom. The van der Waals surface area contributed by atoms with Gasteiger partial charge in [0.05, 0.1) is 0 Å². The van der Waals surface area contributed by atoms with E-state index in [0.29, 0.717) is 5.56 Å². The highest BCUT2D eigenvalue weighted by atomic mass is 19.1. The highest BCUT2D eigenvalue weighted by Crippen LogP contribution is 2.22. The van der Waals surface area contributed by atoms with Crippen LogP contribution in [0, 0.1) is 33.5 Å². The molecule has 1 N–H and O–H groups in total. The molecule has 0 fully saturated rings. The number of esters is 1. The van der Waals surface area contributed by atoms with E-state index >= 15 is 0 Å². The van der Waals surface area contributed by atoms with Crippen molar-refractivity contribution in [1.82, 2.24) is 5.32 Å². The van der Waals surface area contributed by atoms with Crippen LogP contribution in [0.4, 0.5) is 4.39 Å². The van der Waals surface area contributed by atoms with Crippen molar-refractivity contribution in [3.8, 4) is 0 Å². The van der Waals surface area contributed by atoms with E-state index in [4.69, 9.17) is 4.74 Å². The van der Waals surface area contributed by atoms with Gasteiger partial charge in [-0.3, -0.25) is 14.4 Å². The van der Waals surface area contributed by atoms with Crippen LogP contribution < -0.4 is 5.32 Å². The van der Waals surface area contributed by atoms with E-state index in [0.717, 1.165) is 28.3 Å². The first kappa shape index (κ1) is 20.3. The van der Waals surface area contributed by atoms with Crippen LogP contribution in [0.25, 0.3) is 0 Å². The minimum absolute atomic E-state index is 0.0975. The molecule has 0 aliphatic rings. The largest absolute Gasteiger partial charge is 0.456 e. The zero-order chi connectivity index (χ0) is 20.1. The van der Waals surface area contributed by atoms with Gasteiger partial charge in [0.2, 0.25) is 5.78 Å². The number of aryl methyl sites for hydroxylation is 2. The fourth-order valence-electron chi connectivity index (χ4n) is 2.87. The minimum Gasteiger partial charge on any atom is -0.456 e. The Morgan fingerprint density at radius 3 is 2.37 bits per heavy atom. The summed E-state index contributed by atoms with van der Waals surface area (Å²) in [5.41, 5.74) is 4.47. The molecule has 0 atom stereocenters. The van der Waals surface area contributed by atoms with Gasteiger partial charge >= 0.3 is 5.97 Å². The second-order valence-corrected chi connectivity index (χ2v) is 6.41. The molecular weight excluding hydrogens is 349 g/mol. The molecule has 0 spiro atoms. The van der Waals surface area contributed by atoms with Crippen molar-refractivity contribution >= 4 is 17.7 Å². The number of ether oxygens (including phenoxy) is 1. The van der Waals surface area contributed by atoms with Gasteiger partial charge in [0.15, 0.2) is 6.61 Å². The minimum atomic E-state index is -0.743. The van der Waals surface area contributed by atoms with E-state index in [9.17, 15) is 18.8 Å². The summed E-state index contributed by atoms with van der Waals surface area (Å²) in [5, 5.41) is 2.34. The van der Waals surface area contributed by atoms with Gasteiger partial charge in [0, 0.05) is 11.1 Å². The molecule has 0 bridgehead atoms. The van der Waals surface area contributed by atoms with Crippen LogP contribution in [0.5, 0.6) is 0 Å². The van der Waals surface area contributed by atoms with Crippen molar-refractivity contribution in [3.05, 3.63) is 69.5 Å². The number of benzene rings is 2. The summed E-state index contributed by atoms with van der Waals surface area (Å²) in [4.78, 5) is 36.1. The Hall–Kier alpha value is -3.02. The maximum absolute atomic E-state index is 13.1. The third-order valence-electron chi connectivity index (χ3n) is 4.48. The van der Waals surface area contributed by atoms with E-state index in [1.54, 1.807) is 0 Å². The lowest BCUT2D eigenvalue weighted by Gasteiger charge is -2.14. The Balaban J connectivity index is 1.91. The molecule has 0 heterocycles. The number of rotatable bonds is 6. The van der Waals surface area contributed by atoms with Gasteiger partial charge in [0.1, 0.15) is 12.4 Å². The van der Waals surface area contributed by atoms with Crippen LogP contribution in [0.1, 0.15) is 43.0 Å². The molecule has 0 aromatic heterocycles. The zero-order valence-electron chi connectivity index (χ0n) is 15.8. The van der Waals surface area contributed by atoms with Gasteiger partial charge < -0.3 is 10.1 Å². The van der Waals surface area contributed by atoms with Gasteiger partial charge in [-0.15, -0.1) is 0 Å². The van der Waals surface area contributed by atoms with Gasteiger partial charge in [0.25, 0.3) is 5.91 Å². The summed E-state index contributed by atoms with van der Waals surface area (Å²) in [6.07, 6.45) is 0.